The van der Waals surface area contributed by atoms with E-state index in [-0.39, 0.29) is 11.6 Å². The summed E-state index contributed by atoms with van der Waals surface area (Å²) >= 11 is 0. The van der Waals surface area contributed by atoms with Crippen LogP contribution in [0.5, 0.6) is 0 Å². The standard InChI is InChI=1S/C16H17N3O4/c1-2-10-8-14(18-16(20)15-4-3-7-23-15)12-9-11(19(21)22)5-6-13(12)17-10/h5-6,8-9,15H,2-4,7H2,1H3,(H,17,18,20)/t15-/m1/s1. The van der Waals surface area contributed by atoms with Crippen molar-refractivity contribution >= 4 is 28.2 Å². The molecule has 1 saturated heterocycles. The van der Waals surface area contributed by atoms with Gasteiger partial charge < -0.3 is 10.1 Å². The van der Waals surface area contributed by atoms with E-state index in [0.29, 0.717) is 36.0 Å². The number of non-ortho nitro benzene ring substituents is 1. The van der Waals surface area contributed by atoms with Crippen molar-refractivity contribution in [1.29, 1.82) is 0 Å². The lowest BCUT2D eigenvalue weighted by atomic mass is 10.1. The van der Waals surface area contributed by atoms with Crippen molar-refractivity contribution in [3.8, 4) is 0 Å². The number of fused-ring (bicyclic) bond motifs is 1. The molecule has 7 heteroatoms. The number of nitrogens with one attached hydrogen (secondary N) is 1. The smallest absolute Gasteiger partial charge is 0.270 e. The molecule has 7 nitrogen and oxygen atoms in total. The Kier molecular flexibility index (Phi) is 4.20. The van der Waals surface area contributed by atoms with Gasteiger partial charge in [0, 0.05) is 29.8 Å². The zero-order chi connectivity index (χ0) is 16.4. The molecule has 3 rings (SSSR count). The van der Waals surface area contributed by atoms with Crippen LogP contribution in [0.2, 0.25) is 0 Å². The molecule has 0 saturated carbocycles. The number of nitrogens with zero attached hydrogens (tertiary/aromatic N) is 2. The Bertz CT molecular complexity index is 769. The van der Waals surface area contributed by atoms with Gasteiger partial charge in [0.2, 0.25) is 0 Å². The quantitative estimate of drug-likeness (QED) is 0.691. The first-order chi connectivity index (χ1) is 11.1. The number of hydrogen-bond donors (Lipinski definition) is 1. The van der Waals surface area contributed by atoms with E-state index in [1.54, 1.807) is 12.1 Å². The Morgan fingerprint density at radius 3 is 2.96 bits per heavy atom. The molecule has 1 aliphatic rings. The van der Waals surface area contributed by atoms with Crippen molar-refractivity contribution in [2.75, 3.05) is 11.9 Å². The Balaban J connectivity index is 2.02. The number of nitro groups is 1. The van der Waals surface area contributed by atoms with E-state index >= 15 is 0 Å². The first kappa shape index (κ1) is 15.4. The molecule has 0 aliphatic carbocycles. The summed E-state index contributed by atoms with van der Waals surface area (Å²) in [6.45, 7) is 2.55. The number of pyridine rings is 1. The molecular formula is C16H17N3O4. The molecule has 1 amide bonds. The molecule has 1 N–H and O–H groups in total. The summed E-state index contributed by atoms with van der Waals surface area (Å²) in [6.07, 6.45) is 1.80. The van der Waals surface area contributed by atoms with Crippen molar-refractivity contribution in [2.24, 2.45) is 0 Å². The molecule has 2 heterocycles. The van der Waals surface area contributed by atoms with Crippen LogP contribution in [0.4, 0.5) is 11.4 Å². The number of rotatable bonds is 4. The number of carbonyl (C=O) groups is 1. The number of benzene rings is 1. The van der Waals surface area contributed by atoms with Gasteiger partial charge in [-0.25, -0.2) is 0 Å². The summed E-state index contributed by atoms with van der Waals surface area (Å²) in [4.78, 5) is 27.3. The molecule has 1 aromatic heterocycles. The third-order valence-corrected chi connectivity index (χ3v) is 3.90. The van der Waals surface area contributed by atoms with Crippen molar-refractivity contribution < 1.29 is 14.5 Å². The fraction of sp³-hybridized carbons (Fsp3) is 0.375. The second kappa shape index (κ2) is 6.29. The summed E-state index contributed by atoms with van der Waals surface area (Å²) < 4.78 is 5.38. The zero-order valence-corrected chi connectivity index (χ0v) is 12.7. The van der Waals surface area contributed by atoms with Gasteiger partial charge in [-0.2, -0.15) is 0 Å². The van der Waals surface area contributed by atoms with Crippen molar-refractivity contribution in [1.82, 2.24) is 4.98 Å². The van der Waals surface area contributed by atoms with Crippen molar-refractivity contribution in [3.63, 3.8) is 0 Å². The molecule has 1 fully saturated rings. The van der Waals surface area contributed by atoms with Gasteiger partial charge in [-0.1, -0.05) is 6.92 Å². The van der Waals surface area contributed by atoms with Crippen molar-refractivity contribution in [3.05, 3.63) is 40.1 Å². The maximum absolute atomic E-state index is 12.3. The fourth-order valence-corrected chi connectivity index (χ4v) is 2.66. The minimum atomic E-state index is -0.459. The van der Waals surface area contributed by atoms with E-state index in [0.717, 1.165) is 12.1 Å². The molecule has 2 aromatic rings. The molecule has 0 bridgehead atoms. The van der Waals surface area contributed by atoms with Crippen LogP contribution in [-0.4, -0.2) is 28.5 Å². The summed E-state index contributed by atoms with van der Waals surface area (Å²) in [6, 6.07) is 6.22. The van der Waals surface area contributed by atoms with E-state index in [1.165, 1.54) is 12.1 Å². The number of aromatic nitrogens is 1. The maximum Gasteiger partial charge on any atom is 0.270 e. The van der Waals surface area contributed by atoms with E-state index in [2.05, 4.69) is 10.3 Å². The van der Waals surface area contributed by atoms with Crippen LogP contribution in [0.25, 0.3) is 10.9 Å². The lowest BCUT2D eigenvalue weighted by molar-refractivity contribution is -0.384. The highest BCUT2D eigenvalue weighted by molar-refractivity contribution is 6.03. The average molecular weight is 315 g/mol. The highest BCUT2D eigenvalue weighted by Gasteiger charge is 2.24. The molecule has 120 valence electrons. The Morgan fingerprint density at radius 1 is 1.48 bits per heavy atom. The summed E-state index contributed by atoms with van der Waals surface area (Å²) in [5.41, 5.74) is 1.94. The van der Waals surface area contributed by atoms with Gasteiger partial charge in [-0.15, -0.1) is 0 Å². The van der Waals surface area contributed by atoms with Gasteiger partial charge in [0.05, 0.1) is 16.1 Å². The molecule has 23 heavy (non-hydrogen) atoms. The number of amides is 1. The third kappa shape index (κ3) is 3.14. The van der Waals surface area contributed by atoms with Gasteiger partial charge in [0.25, 0.3) is 11.6 Å². The summed E-state index contributed by atoms with van der Waals surface area (Å²) in [5.74, 6) is -0.219. The summed E-state index contributed by atoms with van der Waals surface area (Å²) in [7, 11) is 0. The average Bonchev–Trinajstić information content (AvgIpc) is 3.08. The molecular weight excluding hydrogens is 298 g/mol. The molecule has 0 unspecified atom stereocenters. The summed E-state index contributed by atoms with van der Waals surface area (Å²) in [5, 5.41) is 14.4. The predicted molar refractivity (Wildman–Crippen MR) is 85.4 cm³/mol. The van der Waals surface area contributed by atoms with Gasteiger partial charge in [0.1, 0.15) is 6.10 Å². The second-order valence-corrected chi connectivity index (χ2v) is 5.46. The number of hydrogen-bond acceptors (Lipinski definition) is 5. The van der Waals surface area contributed by atoms with Crippen LogP contribution in [-0.2, 0) is 16.0 Å². The molecule has 0 spiro atoms. The highest BCUT2D eigenvalue weighted by atomic mass is 16.6. The topological polar surface area (TPSA) is 94.4 Å². The Labute approximate surface area is 132 Å². The van der Waals surface area contributed by atoms with Crippen LogP contribution >= 0.6 is 0 Å². The number of nitro benzene ring substituents is 1. The Hall–Kier alpha value is -2.54. The van der Waals surface area contributed by atoms with Crippen LogP contribution in [0.1, 0.15) is 25.5 Å². The molecule has 1 aromatic carbocycles. The SMILES string of the molecule is CCc1cc(NC(=O)[C@H]2CCCO2)c2cc([N+](=O)[O-])ccc2n1. The third-order valence-electron chi connectivity index (χ3n) is 3.90. The van der Waals surface area contributed by atoms with Gasteiger partial charge in [-0.05, 0) is 31.4 Å². The van der Waals surface area contributed by atoms with E-state index in [4.69, 9.17) is 4.74 Å². The lowest BCUT2D eigenvalue weighted by Gasteiger charge is -2.13. The van der Waals surface area contributed by atoms with Crippen LogP contribution in [0.15, 0.2) is 24.3 Å². The second-order valence-electron chi connectivity index (χ2n) is 5.46. The minimum Gasteiger partial charge on any atom is -0.368 e. The molecule has 0 radical (unpaired) electrons. The van der Waals surface area contributed by atoms with Crippen LogP contribution in [0.3, 0.4) is 0 Å². The van der Waals surface area contributed by atoms with Gasteiger partial charge in [-0.3, -0.25) is 19.9 Å². The normalized spacial score (nSPS) is 17.3. The highest BCUT2D eigenvalue weighted by Crippen LogP contribution is 2.28. The van der Waals surface area contributed by atoms with Gasteiger partial charge in [0.15, 0.2) is 0 Å². The first-order valence-corrected chi connectivity index (χ1v) is 7.59. The largest absolute Gasteiger partial charge is 0.368 e. The maximum atomic E-state index is 12.3. The molecule has 1 aliphatic heterocycles. The molecule has 1 atom stereocenters. The first-order valence-electron chi connectivity index (χ1n) is 7.59. The van der Waals surface area contributed by atoms with Gasteiger partial charge >= 0.3 is 0 Å². The Morgan fingerprint density at radius 2 is 2.30 bits per heavy atom. The number of carbonyl (C=O) groups excluding carboxylic acids is 1. The lowest BCUT2D eigenvalue weighted by Crippen LogP contribution is -2.27. The monoisotopic (exact) mass is 315 g/mol. The van der Waals surface area contributed by atoms with Crippen LogP contribution < -0.4 is 5.32 Å². The predicted octanol–water partition coefficient (Wildman–Crippen LogP) is 2.82. The minimum absolute atomic E-state index is 0.0313. The van der Waals surface area contributed by atoms with Crippen LogP contribution in [0, 0.1) is 10.1 Å². The number of ether oxygens (including phenoxy) is 1. The van der Waals surface area contributed by atoms with E-state index in [9.17, 15) is 14.9 Å². The van der Waals surface area contributed by atoms with Crippen molar-refractivity contribution in [2.45, 2.75) is 32.3 Å². The fourth-order valence-electron chi connectivity index (χ4n) is 2.66. The van der Waals surface area contributed by atoms with E-state index in [1.807, 2.05) is 6.92 Å². The zero-order valence-electron chi connectivity index (χ0n) is 12.7. The number of anilines is 1. The number of aryl methyl sites for hydroxylation is 1. The van der Waals surface area contributed by atoms with E-state index < -0.39 is 11.0 Å².